The van der Waals surface area contributed by atoms with Gasteiger partial charge < -0.3 is 30.4 Å². The lowest BCUT2D eigenvalue weighted by molar-refractivity contribution is -0.153. The van der Waals surface area contributed by atoms with E-state index in [1.54, 1.807) is 12.1 Å². The van der Waals surface area contributed by atoms with Crippen molar-refractivity contribution in [1.82, 2.24) is 0 Å². The summed E-state index contributed by atoms with van der Waals surface area (Å²) in [6.07, 6.45) is -1.47. The SMILES string of the molecule is Nc1cc(N)cc(C(=O)OCCCOC(=O)C=Cc2ccc(OC(=O)c3ccc(OCC(F)(F)F)cc3)cc2)c1. The number of nitrogens with two attached hydrogens (primary N) is 2. The second-order valence-electron chi connectivity index (χ2n) is 8.27. The Morgan fingerprint density at radius 3 is 1.98 bits per heavy atom. The van der Waals surface area contributed by atoms with Crippen molar-refractivity contribution in [2.45, 2.75) is 12.6 Å². The summed E-state index contributed by atoms with van der Waals surface area (Å²) < 4.78 is 56.7. The lowest BCUT2D eigenvalue weighted by Crippen LogP contribution is -2.19. The predicted molar refractivity (Wildman–Crippen MR) is 140 cm³/mol. The van der Waals surface area contributed by atoms with E-state index in [4.69, 9.17) is 25.7 Å². The molecule has 40 heavy (non-hydrogen) atoms. The Kier molecular flexibility index (Phi) is 10.1. The van der Waals surface area contributed by atoms with Gasteiger partial charge in [0.25, 0.3) is 0 Å². The number of ether oxygens (including phenoxy) is 4. The van der Waals surface area contributed by atoms with E-state index in [0.717, 1.165) is 0 Å². The topological polar surface area (TPSA) is 140 Å². The molecule has 0 saturated heterocycles. The molecule has 0 bridgehead atoms. The van der Waals surface area contributed by atoms with Gasteiger partial charge in [-0.15, -0.1) is 0 Å². The van der Waals surface area contributed by atoms with E-state index in [1.807, 2.05) is 0 Å². The molecular formula is C28H25F3N2O7. The summed E-state index contributed by atoms with van der Waals surface area (Å²) in [5.74, 6) is -1.72. The van der Waals surface area contributed by atoms with Crippen LogP contribution in [-0.2, 0) is 14.3 Å². The number of benzene rings is 3. The highest BCUT2D eigenvalue weighted by Gasteiger charge is 2.28. The molecule has 12 heteroatoms. The van der Waals surface area contributed by atoms with Crippen LogP contribution in [0.25, 0.3) is 6.08 Å². The first-order valence-electron chi connectivity index (χ1n) is 11.8. The van der Waals surface area contributed by atoms with Crippen molar-refractivity contribution in [2.75, 3.05) is 31.3 Å². The zero-order valence-electron chi connectivity index (χ0n) is 21.0. The first-order valence-corrected chi connectivity index (χ1v) is 11.8. The first kappa shape index (κ1) is 29.6. The highest BCUT2D eigenvalue weighted by molar-refractivity contribution is 5.92. The summed E-state index contributed by atoms with van der Waals surface area (Å²) in [7, 11) is 0. The van der Waals surface area contributed by atoms with Gasteiger partial charge >= 0.3 is 24.1 Å². The van der Waals surface area contributed by atoms with E-state index in [1.165, 1.54) is 66.7 Å². The van der Waals surface area contributed by atoms with Crippen molar-refractivity contribution in [2.24, 2.45) is 0 Å². The molecule has 0 aromatic heterocycles. The molecule has 0 amide bonds. The summed E-state index contributed by atoms with van der Waals surface area (Å²) in [5.41, 5.74) is 12.9. The third kappa shape index (κ3) is 10.0. The van der Waals surface area contributed by atoms with Gasteiger partial charge in [0.2, 0.25) is 0 Å². The van der Waals surface area contributed by atoms with Crippen LogP contribution in [0.4, 0.5) is 24.5 Å². The van der Waals surface area contributed by atoms with Gasteiger partial charge in [-0.1, -0.05) is 12.1 Å². The Bertz CT molecular complexity index is 1340. The monoisotopic (exact) mass is 558 g/mol. The standard InChI is InChI=1S/C28H25F3N2O7/c29-28(30,31)17-39-23-9-5-19(6-10-23)27(36)40-24-7-2-18(3-8-24)4-11-25(34)37-12-1-13-38-26(35)20-14-21(32)16-22(33)15-20/h2-11,14-16H,1,12-13,17,32-33H2. The minimum atomic E-state index is -4.47. The molecule has 0 heterocycles. The molecule has 3 aromatic rings. The van der Waals surface area contributed by atoms with Crippen LogP contribution in [0.1, 0.15) is 32.7 Å². The molecule has 0 saturated carbocycles. The van der Waals surface area contributed by atoms with Crippen molar-refractivity contribution in [3.63, 3.8) is 0 Å². The third-order valence-electron chi connectivity index (χ3n) is 4.97. The van der Waals surface area contributed by atoms with Crippen LogP contribution in [0.3, 0.4) is 0 Å². The zero-order valence-corrected chi connectivity index (χ0v) is 21.0. The average Bonchev–Trinajstić information content (AvgIpc) is 2.90. The average molecular weight is 559 g/mol. The Morgan fingerprint density at radius 2 is 1.35 bits per heavy atom. The summed E-state index contributed by atoms with van der Waals surface area (Å²) in [5, 5.41) is 0. The Balaban J connectivity index is 1.37. The van der Waals surface area contributed by atoms with Crippen LogP contribution in [0, 0.1) is 0 Å². The van der Waals surface area contributed by atoms with E-state index in [-0.39, 0.29) is 42.3 Å². The lowest BCUT2D eigenvalue weighted by atomic mass is 10.2. The van der Waals surface area contributed by atoms with Crippen LogP contribution in [0.15, 0.2) is 72.8 Å². The molecule has 3 aromatic carbocycles. The van der Waals surface area contributed by atoms with Gasteiger partial charge in [0.15, 0.2) is 6.61 Å². The number of carbonyl (C=O) groups is 3. The smallest absolute Gasteiger partial charge is 0.422 e. The van der Waals surface area contributed by atoms with Crippen molar-refractivity contribution >= 4 is 35.4 Å². The Morgan fingerprint density at radius 1 is 0.750 bits per heavy atom. The normalized spacial score (nSPS) is 11.2. The molecule has 0 fully saturated rings. The fourth-order valence-corrected chi connectivity index (χ4v) is 3.15. The number of alkyl halides is 3. The molecule has 0 spiro atoms. The second-order valence-corrected chi connectivity index (χ2v) is 8.27. The maximum absolute atomic E-state index is 12.3. The fraction of sp³-hybridized carbons (Fsp3) is 0.179. The van der Waals surface area contributed by atoms with Crippen LogP contribution in [-0.4, -0.2) is 43.9 Å². The summed E-state index contributed by atoms with van der Waals surface area (Å²) in [4.78, 5) is 36.2. The fourth-order valence-electron chi connectivity index (χ4n) is 3.15. The molecule has 9 nitrogen and oxygen atoms in total. The van der Waals surface area contributed by atoms with Gasteiger partial charge in [-0.25, -0.2) is 14.4 Å². The van der Waals surface area contributed by atoms with E-state index >= 15 is 0 Å². The van der Waals surface area contributed by atoms with Crippen LogP contribution in [0.5, 0.6) is 11.5 Å². The maximum atomic E-state index is 12.3. The number of esters is 3. The molecule has 210 valence electrons. The maximum Gasteiger partial charge on any atom is 0.422 e. The summed E-state index contributed by atoms with van der Waals surface area (Å²) in [6, 6.07) is 15.7. The second kappa shape index (κ2) is 13.7. The van der Waals surface area contributed by atoms with Crippen molar-refractivity contribution in [1.29, 1.82) is 0 Å². The van der Waals surface area contributed by atoms with E-state index in [9.17, 15) is 27.6 Å². The number of hydrogen-bond acceptors (Lipinski definition) is 9. The van der Waals surface area contributed by atoms with Gasteiger partial charge in [-0.3, -0.25) is 0 Å². The zero-order chi connectivity index (χ0) is 29.1. The van der Waals surface area contributed by atoms with Gasteiger partial charge in [0.05, 0.1) is 24.3 Å². The van der Waals surface area contributed by atoms with Crippen molar-refractivity contribution in [3.8, 4) is 11.5 Å². The number of rotatable bonds is 11. The molecule has 0 aliphatic heterocycles. The number of carbonyl (C=O) groups excluding carboxylic acids is 3. The first-order chi connectivity index (χ1) is 19.0. The van der Waals surface area contributed by atoms with Crippen LogP contribution >= 0.6 is 0 Å². The molecule has 4 N–H and O–H groups in total. The quantitative estimate of drug-likeness (QED) is 0.111. The summed E-state index contributed by atoms with van der Waals surface area (Å²) in [6.45, 7) is -1.38. The molecule has 0 radical (unpaired) electrons. The number of hydrogen-bond donors (Lipinski definition) is 2. The highest BCUT2D eigenvalue weighted by Crippen LogP contribution is 2.20. The predicted octanol–water partition coefficient (Wildman–Crippen LogP) is 4.81. The van der Waals surface area contributed by atoms with E-state index in [0.29, 0.717) is 16.9 Å². The van der Waals surface area contributed by atoms with Crippen molar-refractivity contribution in [3.05, 3.63) is 89.5 Å². The van der Waals surface area contributed by atoms with E-state index in [2.05, 4.69) is 4.74 Å². The Labute approximate surface area is 227 Å². The molecule has 3 rings (SSSR count). The van der Waals surface area contributed by atoms with Crippen molar-refractivity contribution < 1.29 is 46.5 Å². The Hall–Kier alpha value is -5.00. The van der Waals surface area contributed by atoms with E-state index < -0.39 is 30.7 Å². The third-order valence-corrected chi connectivity index (χ3v) is 4.97. The van der Waals surface area contributed by atoms with Gasteiger partial charge in [-0.2, -0.15) is 13.2 Å². The largest absolute Gasteiger partial charge is 0.484 e. The molecule has 0 atom stereocenters. The number of anilines is 2. The molecule has 0 aliphatic rings. The van der Waals surface area contributed by atoms with Crippen LogP contribution < -0.4 is 20.9 Å². The van der Waals surface area contributed by atoms with Gasteiger partial charge in [0.1, 0.15) is 11.5 Å². The number of halogens is 3. The number of nitrogen functional groups attached to an aromatic ring is 2. The minimum Gasteiger partial charge on any atom is -0.484 e. The lowest BCUT2D eigenvalue weighted by Gasteiger charge is -2.09. The van der Waals surface area contributed by atoms with Gasteiger partial charge in [0, 0.05) is 23.9 Å². The molecule has 0 aliphatic carbocycles. The molecular weight excluding hydrogens is 533 g/mol. The van der Waals surface area contributed by atoms with Gasteiger partial charge in [-0.05, 0) is 66.2 Å². The van der Waals surface area contributed by atoms with Crippen LogP contribution in [0.2, 0.25) is 0 Å². The molecule has 0 unspecified atom stereocenters. The highest BCUT2D eigenvalue weighted by atomic mass is 19.4. The summed E-state index contributed by atoms with van der Waals surface area (Å²) >= 11 is 0. The minimum absolute atomic E-state index is 0.0276.